The third-order valence-electron chi connectivity index (χ3n) is 3.68. The Labute approximate surface area is 119 Å². The van der Waals surface area contributed by atoms with Crippen LogP contribution in [0.15, 0.2) is 18.2 Å². The van der Waals surface area contributed by atoms with Gasteiger partial charge in [0.1, 0.15) is 11.6 Å². The van der Waals surface area contributed by atoms with E-state index in [0.29, 0.717) is 17.9 Å². The summed E-state index contributed by atoms with van der Waals surface area (Å²) in [6.45, 7) is 5.49. The van der Waals surface area contributed by atoms with E-state index in [1.165, 1.54) is 13.2 Å². The molecule has 2 unspecified atom stereocenters. The van der Waals surface area contributed by atoms with Crippen LogP contribution < -0.4 is 10.5 Å². The van der Waals surface area contributed by atoms with Gasteiger partial charge in [0.2, 0.25) is 0 Å². The topological polar surface area (TPSA) is 47.7 Å². The third kappa shape index (κ3) is 3.48. The molecule has 0 spiro atoms. The maximum absolute atomic E-state index is 14.1. The summed E-state index contributed by atoms with van der Waals surface area (Å²) in [7, 11) is 1.52. The van der Waals surface area contributed by atoms with Crippen LogP contribution in [0.3, 0.4) is 0 Å². The van der Waals surface area contributed by atoms with Crippen LogP contribution >= 0.6 is 0 Å². The Bertz CT molecular complexity index is 440. The molecule has 1 aliphatic rings. The van der Waals surface area contributed by atoms with Crippen LogP contribution in [0.4, 0.5) is 4.39 Å². The van der Waals surface area contributed by atoms with Gasteiger partial charge in [0.25, 0.3) is 0 Å². The molecule has 1 aliphatic heterocycles. The molecule has 0 saturated carbocycles. The number of morpholine rings is 1. The van der Waals surface area contributed by atoms with E-state index >= 15 is 0 Å². The van der Waals surface area contributed by atoms with Gasteiger partial charge in [-0.25, -0.2) is 4.39 Å². The number of halogens is 1. The van der Waals surface area contributed by atoms with Gasteiger partial charge in [0, 0.05) is 24.7 Å². The fourth-order valence-electron chi connectivity index (χ4n) is 2.57. The Morgan fingerprint density at radius 2 is 2.35 bits per heavy atom. The number of ether oxygens (including phenoxy) is 2. The molecule has 1 aromatic carbocycles. The minimum Gasteiger partial charge on any atom is -0.497 e. The molecule has 0 amide bonds. The zero-order valence-electron chi connectivity index (χ0n) is 12.1. The van der Waals surface area contributed by atoms with Gasteiger partial charge in [0.05, 0.1) is 25.9 Å². The zero-order valence-corrected chi connectivity index (χ0v) is 12.1. The number of benzene rings is 1. The number of hydrogen-bond acceptors (Lipinski definition) is 4. The van der Waals surface area contributed by atoms with Crippen LogP contribution in [0.5, 0.6) is 5.75 Å². The smallest absolute Gasteiger partial charge is 0.131 e. The summed E-state index contributed by atoms with van der Waals surface area (Å²) in [6, 6.07) is 4.31. The van der Waals surface area contributed by atoms with Crippen molar-refractivity contribution in [2.75, 3.05) is 33.4 Å². The molecule has 1 saturated heterocycles. The van der Waals surface area contributed by atoms with Crippen LogP contribution in [-0.2, 0) is 4.74 Å². The van der Waals surface area contributed by atoms with Gasteiger partial charge in [-0.05, 0) is 19.0 Å². The Hall–Kier alpha value is -1.17. The van der Waals surface area contributed by atoms with Crippen molar-refractivity contribution in [1.82, 2.24) is 4.90 Å². The molecule has 2 atom stereocenters. The average molecular weight is 282 g/mol. The molecule has 0 bridgehead atoms. The van der Waals surface area contributed by atoms with Crippen LogP contribution in [0.1, 0.15) is 24.9 Å². The van der Waals surface area contributed by atoms with E-state index in [1.54, 1.807) is 12.1 Å². The van der Waals surface area contributed by atoms with Gasteiger partial charge >= 0.3 is 0 Å². The molecule has 1 heterocycles. The lowest BCUT2D eigenvalue weighted by Gasteiger charge is -2.35. The number of nitrogens with zero attached hydrogens (tertiary/aromatic N) is 1. The normalized spacial score (nSPS) is 21.7. The highest BCUT2D eigenvalue weighted by Crippen LogP contribution is 2.25. The quantitative estimate of drug-likeness (QED) is 0.896. The summed E-state index contributed by atoms with van der Waals surface area (Å²) < 4.78 is 24.8. The molecule has 20 heavy (non-hydrogen) atoms. The maximum Gasteiger partial charge on any atom is 0.131 e. The van der Waals surface area contributed by atoms with Crippen LogP contribution in [0, 0.1) is 5.82 Å². The fraction of sp³-hybridized carbons (Fsp3) is 0.600. The maximum atomic E-state index is 14.1. The van der Waals surface area contributed by atoms with Crippen molar-refractivity contribution in [3.63, 3.8) is 0 Å². The van der Waals surface area contributed by atoms with Crippen LogP contribution in [0.25, 0.3) is 0 Å². The van der Waals surface area contributed by atoms with E-state index in [4.69, 9.17) is 15.2 Å². The number of nitrogens with two attached hydrogens (primary N) is 1. The molecule has 0 aromatic heterocycles. The highest BCUT2D eigenvalue weighted by molar-refractivity contribution is 5.31. The fourth-order valence-corrected chi connectivity index (χ4v) is 2.57. The molecule has 4 nitrogen and oxygen atoms in total. The van der Waals surface area contributed by atoms with Crippen molar-refractivity contribution in [2.24, 2.45) is 5.73 Å². The summed E-state index contributed by atoms with van der Waals surface area (Å²) >= 11 is 0. The van der Waals surface area contributed by atoms with Crippen molar-refractivity contribution < 1.29 is 13.9 Å². The Kier molecular flexibility index (Phi) is 5.34. The summed E-state index contributed by atoms with van der Waals surface area (Å²) in [4.78, 5) is 2.31. The van der Waals surface area contributed by atoms with Crippen molar-refractivity contribution in [3.8, 4) is 5.75 Å². The summed E-state index contributed by atoms with van der Waals surface area (Å²) in [5, 5.41) is 0. The van der Waals surface area contributed by atoms with Crippen molar-refractivity contribution in [3.05, 3.63) is 29.6 Å². The first-order chi connectivity index (χ1) is 9.65. The summed E-state index contributed by atoms with van der Waals surface area (Å²) in [6.07, 6.45) is 0.928. The van der Waals surface area contributed by atoms with Gasteiger partial charge in [-0.2, -0.15) is 0 Å². The van der Waals surface area contributed by atoms with Gasteiger partial charge < -0.3 is 15.2 Å². The second-order valence-corrected chi connectivity index (χ2v) is 5.12. The Morgan fingerprint density at radius 3 is 3.00 bits per heavy atom. The molecule has 5 heteroatoms. The first-order valence-corrected chi connectivity index (χ1v) is 7.08. The standard InChI is InChI=1S/C15H23FN2O2/c1-3-6-18-7-8-20-14(10-18)15(17)12-5-4-11(19-2)9-13(12)16/h4-5,9,14-15H,3,6-8,10,17H2,1-2H3. The lowest BCUT2D eigenvalue weighted by Crippen LogP contribution is -2.47. The van der Waals surface area contributed by atoms with E-state index < -0.39 is 6.04 Å². The lowest BCUT2D eigenvalue weighted by molar-refractivity contribution is -0.0412. The van der Waals surface area contributed by atoms with Crippen molar-refractivity contribution in [2.45, 2.75) is 25.5 Å². The molecule has 1 fully saturated rings. The highest BCUT2D eigenvalue weighted by atomic mass is 19.1. The van der Waals surface area contributed by atoms with E-state index in [1.807, 2.05) is 0 Å². The minimum atomic E-state index is -0.458. The molecule has 0 aliphatic carbocycles. The largest absolute Gasteiger partial charge is 0.497 e. The molecule has 2 N–H and O–H groups in total. The van der Waals surface area contributed by atoms with E-state index in [2.05, 4.69) is 11.8 Å². The zero-order chi connectivity index (χ0) is 14.5. The molecule has 1 aromatic rings. The van der Waals surface area contributed by atoms with Gasteiger partial charge in [-0.15, -0.1) is 0 Å². The van der Waals surface area contributed by atoms with Crippen LogP contribution in [-0.4, -0.2) is 44.4 Å². The monoisotopic (exact) mass is 282 g/mol. The molecule has 0 radical (unpaired) electrons. The van der Waals surface area contributed by atoms with Gasteiger partial charge in [-0.3, -0.25) is 4.90 Å². The molecule has 112 valence electrons. The predicted octanol–water partition coefficient (Wildman–Crippen LogP) is 1.94. The second-order valence-electron chi connectivity index (χ2n) is 5.12. The Balaban J connectivity index is 2.08. The predicted molar refractivity (Wildman–Crippen MR) is 76.4 cm³/mol. The first-order valence-electron chi connectivity index (χ1n) is 7.08. The van der Waals surface area contributed by atoms with E-state index in [-0.39, 0.29) is 11.9 Å². The lowest BCUT2D eigenvalue weighted by atomic mass is 10.00. The molecular weight excluding hydrogens is 259 g/mol. The van der Waals surface area contributed by atoms with Crippen molar-refractivity contribution >= 4 is 0 Å². The summed E-state index contributed by atoms with van der Waals surface area (Å²) in [5.74, 6) is 0.156. The van der Waals surface area contributed by atoms with Crippen molar-refractivity contribution in [1.29, 1.82) is 0 Å². The third-order valence-corrected chi connectivity index (χ3v) is 3.68. The number of methoxy groups -OCH3 is 1. The van der Waals surface area contributed by atoms with Gasteiger partial charge in [0.15, 0.2) is 0 Å². The molecular formula is C15H23FN2O2. The molecule has 2 rings (SSSR count). The first kappa shape index (κ1) is 15.2. The van der Waals surface area contributed by atoms with E-state index in [0.717, 1.165) is 26.1 Å². The minimum absolute atomic E-state index is 0.168. The second kappa shape index (κ2) is 7.02. The van der Waals surface area contributed by atoms with Crippen LogP contribution in [0.2, 0.25) is 0 Å². The number of rotatable bonds is 5. The highest BCUT2D eigenvalue weighted by Gasteiger charge is 2.28. The van der Waals surface area contributed by atoms with Gasteiger partial charge in [-0.1, -0.05) is 13.0 Å². The average Bonchev–Trinajstić information content (AvgIpc) is 2.47. The summed E-state index contributed by atoms with van der Waals surface area (Å²) in [5.41, 5.74) is 6.67. The van der Waals surface area contributed by atoms with E-state index in [9.17, 15) is 4.39 Å². The number of hydrogen-bond donors (Lipinski definition) is 1. The SMILES string of the molecule is CCCN1CCOC(C(N)c2ccc(OC)cc2F)C1. The Morgan fingerprint density at radius 1 is 1.55 bits per heavy atom.